The van der Waals surface area contributed by atoms with Gasteiger partial charge in [0.1, 0.15) is 5.82 Å². The van der Waals surface area contributed by atoms with E-state index in [4.69, 9.17) is 4.74 Å². The molecule has 1 atom stereocenters. The SMILES string of the molecule is O=C(CN1CCC(C(=O)NCC2CCCO2)CC1)Nc1ccc(F)cc1. The van der Waals surface area contributed by atoms with Crippen molar-refractivity contribution in [3.05, 3.63) is 30.1 Å². The number of halogens is 1. The van der Waals surface area contributed by atoms with Gasteiger partial charge in [-0.25, -0.2) is 4.39 Å². The Balaban J connectivity index is 1.35. The van der Waals surface area contributed by atoms with Crippen molar-refractivity contribution in [1.29, 1.82) is 0 Å². The van der Waals surface area contributed by atoms with E-state index in [1.807, 2.05) is 4.90 Å². The number of nitrogens with one attached hydrogen (secondary N) is 2. The fourth-order valence-electron chi connectivity index (χ4n) is 3.45. The molecule has 26 heavy (non-hydrogen) atoms. The minimum Gasteiger partial charge on any atom is -0.376 e. The topological polar surface area (TPSA) is 70.7 Å². The van der Waals surface area contributed by atoms with Crippen molar-refractivity contribution in [3.8, 4) is 0 Å². The van der Waals surface area contributed by atoms with Crippen molar-refractivity contribution in [1.82, 2.24) is 10.2 Å². The molecule has 2 aliphatic heterocycles. The number of carbonyl (C=O) groups excluding carboxylic acids is 2. The maximum absolute atomic E-state index is 12.9. The Kier molecular flexibility index (Phi) is 6.57. The van der Waals surface area contributed by atoms with E-state index in [1.54, 1.807) is 0 Å². The first kappa shape index (κ1) is 18.8. The van der Waals surface area contributed by atoms with Crippen LogP contribution in [0.4, 0.5) is 10.1 Å². The fourth-order valence-corrected chi connectivity index (χ4v) is 3.45. The number of anilines is 1. The lowest BCUT2D eigenvalue weighted by atomic mass is 9.96. The Morgan fingerprint density at radius 1 is 1.15 bits per heavy atom. The lowest BCUT2D eigenvalue weighted by Crippen LogP contribution is -2.44. The standard InChI is InChI=1S/C19H26FN3O3/c20-15-3-5-16(6-4-15)22-18(24)13-23-9-7-14(8-10-23)19(25)21-12-17-2-1-11-26-17/h3-6,14,17H,1-2,7-13H2,(H,21,25)(H,22,24). The summed E-state index contributed by atoms with van der Waals surface area (Å²) in [7, 11) is 0. The van der Waals surface area contributed by atoms with Gasteiger partial charge < -0.3 is 15.4 Å². The Morgan fingerprint density at radius 2 is 1.88 bits per heavy atom. The highest BCUT2D eigenvalue weighted by Crippen LogP contribution is 2.18. The number of benzene rings is 1. The van der Waals surface area contributed by atoms with Crippen LogP contribution in [0.5, 0.6) is 0 Å². The molecule has 0 aromatic heterocycles. The van der Waals surface area contributed by atoms with Crippen molar-refractivity contribution in [3.63, 3.8) is 0 Å². The average molecular weight is 363 g/mol. The van der Waals surface area contributed by atoms with E-state index in [0.717, 1.165) is 45.4 Å². The van der Waals surface area contributed by atoms with Crippen LogP contribution < -0.4 is 10.6 Å². The lowest BCUT2D eigenvalue weighted by Gasteiger charge is -2.30. The summed E-state index contributed by atoms with van der Waals surface area (Å²) in [4.78, 5) is 26.4. The van der Waals surface area contributed by atoms with E-state index < -0.39 is 0 Å². The van der Waals surface area contributed by atoms with Gasteiger partial charge in [-0.2, -0.15) is 0 Å². The summed E-state index contributed by atoms with van der Waals surface area (Å²) in [6.07, 6.45) is 3.75. The van der Waals surface area contributed by atoms with E-state index in [2.05, 4.69) is 10.6 Å². The van der Waals surface area contributed by atoms with Crippen LogP contribution in [0.3, 0.4) is 0 Å². The van der Waals surface area contributed by atoms with Crippen LogP contribution in [0.25, 0.3) is 0 Å². The van der Waals surface area contributed by atoms with Crippen LogP contribution in [0.15, 0.2) is 24.3 Å². The molecule has 0 bridgehead atoms. The molecule has 0 aliphatic carbocycles. The van der Waals surface area contributed by atoms with Crippen molar-refractivity contribution in [2.24, 2.45) is 5.92 Å². The zero-order chi connectivity index (χ0) is 18.4. The fraction of sp³-hybridized carbons (Fsp3) is 0.579. The first-order valence-corrected chi connectivity index (χ1v) is 9.27. The van der Waals surface area contributed by atoms with Crippen molar-refractivity contribution >= 4 is 17.5 Å². The summed E-state index contributed by atoms with van der Waals surface area (Å²) in [5.74, 6) is -0.357. The van der Waals surface area contributed by atoms with E-state index in [-0.39, 0.29) is 36.2 Å². The molecule has 1 aromatic carbocycles. The summed E-state index contributed by atoms with van der Waals surface area (Å²) in [6.45, 7) is 3.10. The Hall–Kier alpha value is -1.99. The van der Waals surface area contributed by atoms with Gasteiger partial charge in [-0.15, -0.1) is 0 Å². The van der Waals surface area contributed by atoms with E-state index in [1.165, 1.54) is 24.3 Å². The molecule has 0 spiro atoms. The van der Waals surface area contributed by atoms with Crippen LogP contribution in [-0.4, -0.2) is 55.6 Å². The minimum atomic E-state index is -0.331. The molecular weight excluding hydrogens is 337 g/mol. The molecule has 1 aromatic rings. The smallest absolute Gasteiger partial charge is 0.238 e. The molecular formula is C19H26FN3O3. The summed E-state index contributed by atoms with van der Waals surface area (Å²) < 4.78 is 18.4. The van der Waals surface area contributed by atoms with Gasteiger partial charge in [0.05, 0.1) is 12.6 Å². The number of likely N-dealkylation sites (tertiary alicyclic amines) is 1. The van der Waals surface area contributed by atoms with Crippen molar-refractivity contribution in [2.75, 3.05) is 38.1 Å². The second-order valence-corrected chi connectivity index (χ2v) is 6.99. The third-order valence-electron chi connectivity index (χ3n) is 4.98. The van der Waals surface area contributed by atoms with Crippen LogP contribution in [0.1, 0.15) is 25.7 Å². The highest BCUT2D eigenvalue weighted by atomic mass is 19.1. The molecule has 142 valence electrons. The highest BCUT2D eigenvalue weighted by molar-refractivity contribution is 5.92. The normalized spacial score (nSPS) is 21.5. The number of hydrogen-bond donors (Lipinski definition) is 2. The zero-order valence-corrected chi connectivity index (χ0v) is 14.9. The number of amides is 2. The maximum atomic E-state index is 12.9. The zero-order valence-electron chi connectivity index (χ0n) is 14.9. The molecule has 7 heteroatoms. The number of nitrogens with zero attached hydrogens (tertiary/aromatic N) is 1. The van der Waals surface area contributed by atoms with Gasteiger partial charge in [0, 0.05) is 24.8 Å². The quantitative estimate of drug-likeness (QED) is 0.808. The average Bonchev–Trinajstić information content (AvgIpc) is 3.16. The maximum Gasteiger partial charge on any atom is 0.238 e. The highest BCUT2D eigenvalue weighted by Gasteiger charge is 2.26. The van der Waals surface area contributed by atoms with Gasteiger partial charge in [0.2, 0.25) is 11.8 Å². The Bertz CT molecular complexity index is 609. The second kappa shape index (κ2) is 9.09. The van der Waals surface area contributed by atoms with Gasteiger partial charge in [-0.1, -0.05) is 0 Å². The van der Waals surface area contributed by atoms with Gasteiger partial charge in [-0.3, -0.25) is 14.5 Å². The molecule has 2 fully saturated rings. The minimum absolute atomic E-state index is 0.00723. The van der Waals surface area contributed by atoms with E-state index >= 15 is 0 Å². The monoisotopic (exact) mass is 363 g/mol. The predicted octanol–water partition coefficient (Wildman–Crippen LogP) is 1.77. The first-order chi connectivity index (χ1) is 12.6. The lowest BCUT2D eigenvalue weighted by molar-refractivity contribution is -0.127. The Morgan fingerprint density at radius 3 is 2.54 bits per heavy atom. The van der Waals surface area contributed by atoms with Gasteiger partial charge >= 0.3 is 0 Å². The van der Waals surface area contributed by atoms with Crippen molar-refractivity contribution < 1.29 is 18.7 Å². The summed E-state index contributed by atoms with van der Waals surface area (Å²) >= 11 is 0. The Labute approximate surface area is 153 Å². The molecule has 0 radical (unpaired) electrons. The van der Waals surface area contributed by atoms with Crippen LogP contribution >= 0.6 is 0 Å². The summed E-state index contributed by atoms with van der Waals surface area (Å²) in [5, 5.41) is 5.76. The number of piperidine rings is 1. The molecule has 2 amide bonds. The van der Waals surface area contributed by atoms with Gasteiger partial charge in [0.25, 0.3) is 0 Å². The number of ether oxygens (including phenoxy) is 1. The second-order valence-electron chi connectivity index (χ2n) is 6.99. The van der Waals surface area contributed by atoms with Crippen molar-refractivity contribution in [2.45, 2.75) is 31.8 Å². The molecule has 0 saturated carbocycles. The largest absolute Gasteiger partial charge is 0.376 e. The molecule has 3 rings (SSSR count). The van der Waals surface area contributed by atoms with Crippen LogP contribution in [-0.2, 0) is 14.3 Å². The number of carbonyl (C=O) groups is 2. The van der Waals surface area contributed by atoms with Gasteiger partial charge in [0.15, 0.2) is 0 Å². The van der Waals surface area contributed by atoms with Gasteiger partial charge in [-0.05, 0) is 63.0 Å². The van der Waals surface area contributed by atoms with E-state index in [9.17, 15) is 14.0 Å². The molecule has 2 N–H and O–H groups in total. The molecule has 2 heterocycles. The first-order valence-electron chi connectivity index (χ1n) is 9.27. The molecule has 6 nitrogen and oxygen atoms in total. The number of hydrogen-bond acceptors (Lipinski definition) is 4. The third-order valence-corrected chi connectivity index (χ3v) is 4.98. The molecule has 2 aliphatic rings. The summed E-state index contributed by atoms with van der Waals surface area (Å²) in [6, 6.07) is 5.71. The predicted molar refractivity (Wildman–Crippen MR) is 96.2 cm³/mol. The van der Waals surface area contributed by atoms with Crippen LogP contribution in [0, 0.1) is 11.7 Å². The number of rotatable bonds is 6. The summed E-state index contributed by atoms with van der Waals surface area (Å²) in [5.41, 5.74) is 0.583. The molecule has 1 unspecified atom stereocenters. The van der Waals surface area contributed by atoms with Crippen LogP contribution in [0.2, 0.25) is 0 Å². The molecule has 2 saturated heterocycles. The third kappa shape index (κ3) is 5.51. The van der Waals surface area contributed by atoms with E-state index in [0.29, 0.717) is 12.2 Å².